The van der Waals surface area contributed by atoms with Gasteiger partial charge in [0.25, 0.3) is 0 Å². The summed E-state index contributed by atoms with van der Waals surface area (Å²) in [4.78, 5) is 11.2. The fourth-order valence-electron chi connectivity index (χ4n) is 1.95. The van der Waals surface area contributed by atoms with Crippen LogP contribution < -0.4 is 4.74 Å². The second-order valence-electron chi connectivity index (χ2n) is 3.63. The Morgan fingerprint density at radius 2 is 2.35 bits per heavy atom. The van der Waals surface area contributed by atoms with E-state index in [1.807, 2.05) is 18.2 Å². The van der Waals surface area contributed by atoms with Gasteiger partial charge < -0.3 is 14.4 Å². The van der Waals surface area contributed by atoms with Crippen molar-refractivity contribution in [1.29, 1.82) is 0 Å². The Morgan fingerprint density at radius 1 is 1.59 bits per heavy atom. The predicted molar refractivity (Wildman–Crippen MR) is 65.6 cm³/mol. The molecule has 1 heterocycles. The Morgan fingerprint density at radius 3 is 2.94 bits per heavy atom. The molecule has 88 valence electrons. The van der Waals surface area contributed by atoms with Gasteiger partial charge in [0.2, 0.25) is 0 Å². The van der Waals surface area contributed by atoms with Crippen LogP contribution in [0.4, 0.5) is 0 Å². The minimum atomic E-state index is -0.954. The molecule has 0 radical (unpaired) electrons. The summed E-state index contributed by atoms with van der Waals surface area (Å²) < 4.78 is 6.94. The van der Waals surface area contributed by atoms with Gasteiger partial charge in [-0.2, -0.15) is 0 Å². The molecule has 4 heteroatoms. The highest BCUT2D eigenvalue weighted by molar-refractivity contribution is 5.96. The summed E-state index contributed by atoms with van der Waals surface area (Å²) in [6, 6.07) is 7.16. The van der Waals surface area contributed by atoms with E-state index in [9.17, 15) is 4.79 Å². The molecule has 0 aliphatic carbocycles. The van der Waals surface area contributed by atoms with Crippen LogP contribution in [0.1, 0.15) is 10.5 Å². The van der Waals surface area contributed by atoms with Gasteiger partial charge in [-0.05, 0) is 12.1 Å². The second kappa shape index (κ2) is 4.33. The van der Waals surface area contributed by atoms with Crippen molar-refractivity contribution in [2.45, 2.75) is 6.54 Å². The highest BCUT2D eigenvalue weighted by Gasteiger charge is 2.16. The van der Waals surface area contributed by atoms with Crippen LogP contribution in [0.5, 0.6) is 5.75 Å². The van der Waals surface area contributed by atoms with Crippen molar-refractivity contribution >= 4 is 16.9 Å². The first-order chi connectivity index (χ1) is 8.19. The Hall–Kier alpha value is -2.23. The van der Waals surface area contributed by atoms with E-state index in [4.69, 9.17) is 9.84 Å². The van der Waals surface area contributed by atoms with Gasteiger partial charge >= 0.3 is 5.97 Å². The number of para-hydroxylation sites is 1. The quantitative estimate of drug-likeness (QED) is 0.822. The number of aromatic carboxylic acids is 1. The van der Waals surface area contributed by atoms with Gasteiger partial charge in [-0.1, -0.05) is 18.2 Å². The lowest BCUT2D eigenvalue weighted by atomic mass is 10.2. The zero-order valence-electron chi connectivity index (χ0n) is 9.51. The van der Waals surface area contributed by atoms with Crippen molar-refractivity contribution in [3.63, 3.8) is 0 Å². The third-order valence-electron chi connectivity index (χ3n) is 2.63. The molecule has 0 bridgehead atoms. The number of carbonyl (C=O) groups is 1. The van der Waals surface area contributed by atoms with Crippen molar-refractivity contribution in [3.8, 4) is 5.75 Å². The zero-order chi connectivity index (χ0) is 12.4. The molecule has 2 aromatic rings. The molecule has 1 aromatic heterocycles. The number of benzene rings is 1. The number of fused-ring (bicyclic) bond motifs is 1. The molecular weight excluding hydrogens is 218 g/mol. The molecule has 0 aliphatic heterocycles. The van der Waals surface area contributed by atoms with Crippen molar-refractivity contribution in [1.82, 2.24) is 4.57 Å². The zero-order valence-corrected chi connectivity index (χ0v) is 9.51. The lowest BCUT2D eigenvalue weighted by Crippen LogP contribution is -2.07. The maximum absolute atomic E-state index is 11.2. The Kier molecular flexibility index (Phi) is 2.87. The number of rotatable bonds is 4. The van der Waals surface area contributed by atoms with E-state index in [1.165, 1.54) is 0 Å². The fourth-order valence-corrected chi connectivity index (χ4v) is 1.95. The van der Waals surface area contributed by atoms with Crippen LogP contribution in [0.15, 0.2) is 36.9 Å². The molecule has 0 fully saturated rings. The molecular formula is C13H13NO3. The summed E-state index contributed by atoms with van der Waals surface area (Å²) >= 11 is 0. The van der Waals surface area contributed by atoms with Crippen LogP contribution in [0, 0.1) is 0 Å². The van der Waals surface area contributed by atoms with E-state index >= 15 is 0 Å². The van der Waals surface area contributed by atoms with Gasteiger partial charge in [0.05, 0.1) is 12.6 Å². The standard InChI is InChI=1S/C13H13NO3/c1-3-7-14-10(13(15)16)8-9-5-4-6-11(17-2)12(9)14/h3-6,8H,1,7H2,2H3,(H,15,16). The van der Waals surface area contributed by atoms with E-state index in [-0.39, 0.29) is 5.69 Å². The smallest absolute Gasteiger partial charge is 0.352 e. The van der Waals surface area contributed by atoms with Gasteiger partial charge in [0.15, 0.2) is 0 Å². The van der Waals surface area contributed by atoms with E-state index in [1.54, 1.807) is 23.8 Å². The number of methoxy groups -OCH3 is 1. The van der Waals surface area contributed by atoms with E-state index in [0.29, 0.717) is 12.3 Å². The third-order valence-corrected chi connectivity index (χ3v) is 2.63. The molecule has 0 aliphatic rings. The molecule has 1 aromatic carbocycles. The molecule has 0 spiro atoms. The van der Waals surface area contributed by atoms with E-state index in [2.05, 4.69) is 6.58 Å². The number of nitrogens with zero attached hydrogens (tertiary/aromatic N) is 1. The molecule has 0 unspecified atom stereocenters. The topological polar surface area (TPSA) is 51.5 Å². The van der Waals surface area contributed by atoms with E-state index in [0.717, 1.165) is 10.9 Å². The van der Waals surface area contributed by atoms with Crippen LogP contribution in [0.2, 0.25) is 0 Å². The normalized spacial score (nSPS) is 10.4. The lowest BCUT2D eigenvalue weighted by Gasteiger charge is -2.08. The van der Waals surface area contributed by atoms with Crippen molar-refractivity contribution < 1.29 is 14.6 Å². The predicted octanol–water partition coefficient (Wildman–Crippen LogP) is 2.53. The van der Waals surface area contributed by atoms with Gasteiger partial charge in [0.1, 0.15) is 11.4 Å². The molecule has 0 saturated carbocycles. The molecule has 0 saturated heterocycles. The van der Waals surface area contributed by atoms with Gasteiger partial charge in [-0.25, -0.2) is 4.79 Å². The number of hydrogen-bond acceptors (Lipinski definition) is 2. The van der Waals surface area contributed by atoms with Gasteiger partial charge in [0, 0.05) is 11.9 Å². The maximum atomic E-state index is 11.2. The summed E-state index contributed by atoms with van der Waals surface area (Å²) in [5.74, 6) is -0.290. The average molecular weight is 231 g/mol. The highest BCUT2D eigenvalue weighted by Crippen LogP contribution is 2.28. The van der Waals surface area contributed by atoms with Crippen LogP contribution in [-0.2, 0) is 6.54 Å². The summed E-state index contributed by atoms with van der Waals surface area (Å²) in [5.41, 5.74) is 1.02. The molecule has 0 atom stereocenters. The van der Waals surface area contributed by atoms with Crippen LogP contribution in [0.3, 0.4) is 0 Å². The first-order valence-corrected chi connectivity index (χ1v) is 5.19. The Balaban J connectivity index is 2.81. The molecule has 17 heavy (non-hydrogen) atoms. The van der Waals surface area contributed by atoms with Crippen LogP contribution >= 0.6 is 0 Å². The first kappa shape index (κ1) is 11.3. The van der Waals surface area contributed by atoms with E-state index < -0.39 is 5.97 Å². The average Bonchev–Trinajstić information content (AvgIpc) is 2.69. The number of aromatic nitrogens is 1. The molecule has 1 N–H and O–H groups in total. The molecule has 2 rings (SSSR count). The van der Waals surface area contributed by atoms with Crippen molar-refractivity contribution in [3.05, 3.63) is 42.6 Å². The largest absolute Gasteiger partial charge is 0.495 e. The third kappa shape index (κ3) is 1.78. The number of allylic oxidation sites excluding steroid dienone is 1. The monoisotopic (exact) mass is 231 g/mol. The van der Waals surface area contributed by atoms with Crippen molar-refractivity contribution in [2.75, 3.05) is 7.11 Å². The summed E-state index contributed by atoms with van der Waals surface area (Å²) in [6.07, 6.45) is 1.66. The minimum absolute atomic E-state index is 0.240. The SMILES string of the molecule is C=CCn1c(C(=O)O)cc2cccc(OC)c21. The fraction of sp³-hybridized carbons (Fsp3) is 0.154. The first-order valence-electron chi connectivity index (χ1n) is 5.19. The van der Waals surface area contributed by atoms with Crippen molar-refractivity contribution in [2.24, 2.45) is 0 Å². The van der Waals surface area contributed by atoms with Crippen LogP contribution in [-0.4, -0.2) is 22.8 Å². The Bertz CT molecular complexity index is 584. The second-order valence-corrected chi connectivity index (χ2v) is 3.63. The van der Waals surface area contributed by atoms with Crippen LogP contribution in [0.25, 0.3) is 10.9 Å². The summed E-state index contributed by atoms with van der Waals surface area (Å²) in [7, 11) is 1.57. The number of carboxylic acids is 1. The Labute approximate surface area is 98.7 Å². The molecule has 4 nitrogen and oxygen atoms in total. The van der Waals surface area contributed by atoms with Gasteiger partial charge in [-0.3, -0.25) is 0 Å². The summed E-state index contributed by atoms with van der Waals surface area (Å²) in [6.45, 7) is 4.08. The number of ether oxygens (including phenoxy) is 1. The summed E-state index contributed by atoms with van der Waals surface area (Å²) in [5, 5.41) is 10.0. The highest BCUT2D eigenvalue weighted by atomic mass is 16.5. The number of carboxylic acid groups (broad SMARTS) is 1. The lowest BCUT2D eigenvalue weighted by molar-refractivity contribution is 0.0686. The van der Waals surface area contributed by atoms with Gasteiger partial charge in [-0.15, -0.1) is 6.58 Å². The molecule has 0 amide bonds. The number of hydrogen-bond donors (Lipinski definition) is 1. The maximum Gasteiger partial charge on any atom is 0.352 e. The minimum Gasteiger partial charge on any atom is -0.495 e.